The summed E-state index contributed by atoms with van der Waals surface area (Å²) < 4.78 is 0. The molecule has 1 spiro atoms. The molecule has 0 amide bonds. The maximum atomic E-state index is 9.98. The number of aromatic nitrogens is 2. The van der Waals surface area contributed by atoms with E-state index in [0.29, 0.717) is 28.7 Å². The molecule has 2 aliphatic rings. The topological polar surface area (TPSA) is 95.5 Å². The first kappa shape index (κ1) is 20.7. The molecular weight excluding hydrogens is 411 g/mol. The Morgan fingerprint density at radius 2 is 1.90 bits per heavy atom. The highest BCUT2D eigenvalue weighted by atomic mass is 35.5. The van der Waals surface area contributed by atoms with Crippen LogP contribution in [0.3, 0.4) is 0 Å². The molecule has 1 aliphatic carbocycles. The van der Waals surface area contributed by atoms with Gasteiger partial charge in [0.05, 0.1) is 23.0 Å². The van der Waals surface area contributed by atoms with Crippen LogP contribution in [0.1, 0.15) is 43.5 Å². The number of hydrogen-bond donors (Lipinski definition) is 3. The Balaban J connectivity index is 1.65. The molecule has 29 heavy (non-hydrogen) atoms. The van der Waals surface area contributed by atoms with Crippen molar-refractivity contribution in [2.24, 2.45) is 11.1 Å². The molecule has 0 radical (unpaired) electrons. The number of rotatable bonds is 3. The first-order chi connectivity index (χ1) is 13.9. The number of hydrogen-bond acceptors (Lipinski definition) is 6. The Bertz CT molecular complexity index is 929. The summed E-state index contributed by atoms with van der Waals surface area (Å²) in [6.07, 6.45) is 5.62. The van der Waals surface area contributed by atoms with Crippen molar-refractivity contribution < 1.29 is 10.2 Å². The molecular formula is C21H26Cl2N4O2. The molecule has 2 fully saturated rings. The number of anilines is 1. The highest BCUT2D eigenvalue weighted by Gasteiger charge is 2.43. The fourth-order valence-electron chi connectivity index (χ4n) is 4.83. The van der Waals surface area contributed by atoms with Crippen molar-refractivity contribution in [1.29, 1.82) is 0 Å². The van der Waals surface area contributed by atoms with Crippen molar-refractivity contribution in [3.8, 4) is 17.0 Å². The molecule has 1 aliphatic heterocycles. The van der Waals surface area contributed by atoms with Crippen molar-refractivity contribution in [1.82, 2.24) is 9.97 Å². The van der Waals surface area contributed by atoms with Crippen LogP contribution in [0.5, 0.6) is 5.75 Å². The van der Waals surface area contributed by atoms with Crippen LogP contribution in [0.15, 0.2) is 12.1 Å². The van der Waals surface area contributed by atoms with Gasteiger partial charge in [-0.1, -0.05) is 29.6 Å². The monoisotopic (exact) mass is 436 g/mol. The van der Waals surface area contributed by atoms with Crippen LogP contribution in [0, 0.1) is 12.3 Å². The van der Waals surface area contributed by atoms with Crippen LogP contribution in [-0.4, -0.2) is 39.3 Å². The van der Waals surface area contributed by atoms with E-state index in [4.69, 9.17) is 33.9 Å². The summed E-state index contributed by atoms with van der Waals surface area (Å²) in [6.45, 7) is 3.36. The quantitative estimate of drug-likeness (QED) is 0.671. The number of aliphatic hydroxyl groups excluding tert-OH is 1. The summed E-state index contributed by atoms with van der Waals surface area (Å²) in [5, 5.41) is 20.0. The summed E-state index contributed by atoms with van der Waals surface area (Å²) in [5.74, 6) is 0.633. The smallest absolute Gasteiger partial charge is 0.153 e. The van der Waals surface area contributed by atoms with Gasteiger partial charge in [-0.25, -0.2) is 9.97 Å². The Kier molecular flexibility index (Phi) is 5.64. The zero-order chi connectivity index (χ0) is 20.8. The Hall–Kier alpha value is -1.60. The number of aliphatic hydroxyl groups is 1. The number of aryl methyl sites for hydroxylation is 1. The van der Waals surface area contributed by atoms with Gasteiger partial charge in [-0.05, 0) is 50.2 Å². The molecule has 2 heterocycles. The molecule has 1 saturated heterocycles. The zero-order valence-corrected chi connectivity index (χ0v) is 18.0. The predicted octanol–water partition coefficient (Wildman–Crippen LogP) is 4.05. The lowest BCUT2D eigenvalue weighted by Crippen LogP contribution is -2.47. The molecule has 1 saturated carbocycles. The van der Waals surface area contributed by atoms with Crippen LogP contribution in [0.25, 0.3) is 11.3 Å². The van der Waals surface area contributed by atoms with Crippen molar-refractivity contribution >= 4 is 29.0 Å². The minimum Gasteiger partial charge on any atom is -0.506 e. The third-order valence-electron chi connectivity index (χ3n) is 6.62. The predicted molar refractivity (Wildman–Crippen MR) is 116 cm³/mol. The highest BCUT2D eigenvalue weighted by molar-refractivity contribution is 6.44. The van der Waals surface area contributed by atoms with E-state index >= 15 is 0 Å². The summed E-state index contributed by atoms with van der Waals surface area (Å²) in [5.41, 5.74) is 9.00. The van der Waals surface area contributed by atoms with E-state index in [1.807, 2.05) is 6.92 Å². The van der Waals surface area contributed by atoms with Crippen LogP contribution >= 0.6 is 23.2 Å². The summed E-state index contributed by atoms with van der Waals surface area (Å²) in [7, 11) is 0. The van der Waals surface area contributed by atoms with E-state index in [1.165, 1.54) is 18.9 Å². The molecule has 4 N–H and O–H groups in total. The van der Waals surface area contributed by atoms with Crippen molar-refractivity contribution in [3.05, 3.63) is 33.6 Å². The van der Waals surface area contributed by atoms with Crippen molar-refractivity contribution in [2.75, 3.05) is 18.0 Å². The standard InChI is InChI=1S/C21H26Cl2N4O2/c1-12-19(13-4-5-15(29)18(23)17(13)22)26-14(11-28)20(25-12)27-9-7-21(8-10-27)6-2-3-16(21)24/h4-5,16,28-29H,2-3,6-11,24H2,1H3/t16-/m1/s1. The zero-order valence-electron chi connectivity index (χ0n) is 16.5. The number of aromatic hydroxyl groups is 1. The lowest BCUT2D eigenvalue weighted by molar-refractivity contribution is 0.196. The highest BCUT2D eigenvalue weighted by Crippen LogP contribution is 2.46. The number of benzene rings is 1. The van der Waals surface area contributed by atoms with E-state index < -0.39 is 0 Å². The third-order valence-corrected chi connectivity index (χ3v) is 7.50. The van der Waals surface area contributed by atoms with E-state index in [2.05, 4.69) is 9.88 Å². The average Bonchev–Trinajstić information content (AvgIpc) is 3.07. The summed E-state index contributed by atoms with van der Waals surface area (Å²) in [4.78, 5) is 11.7. The van der Waals surface area contributed by atoms with Gasteiger partial charge < -0.3 is 20.8 Å². The molecule has 156 valence electrons. The first-order valence-corrected chi connectivity index (χ1v) is 10.8. The number of phenolic OH excluding ortho intramolecular Hbond substituents is 1. The number of nitrogens with two attached hydrogens (primary N) is 1. The van der Waals surface area contributed by atoms with Crippen molar-refractivity contribution in [3.63, 3.8) is 0 Å². The van der Waals surface area contributed by atoms with Gasteiger partial charge in [0.25, 0.3) is 0 Å². The number of phenols is 1. The average molecular weight is 437 g/mol. The molecule has 2 aromatic rings. The second kappa shape index (κ2) is 7.91. The van der Waals surface area contributed by atoms with E-state index in [-0.39, 0.29) is 27.8 Å². The normalized spacial score (nSPS) is 21.1. The Morgan fingerprint density at radius 3 is 2.52 bits per heavy atom. The van der Waals surface area contributed by atoms with Gasteiger partial charge in [0.2, 0.25) is 0 Å². The lowest BCUT2D eigenvalue weighted by Gasteiger charge is -2.42. The van der Waals surface area contributed by atoms with Gasteiger partial charge >= 0.3 is 0 Å². The van der Waals surface area contributed by atoms with Gasteiger partial charge in [-0.15, -0.1) is 0 Å². The Morgan fingerprint density at radius 1 is 1.17 bits per heavy atom. The Labute approximate surface area is 180 Å². The summed E-state index contributed by atoms with van der Waals surface area (Å²) >= 11 is 12.4. The van der Waals surface area contributed by atoms with Gasteiger partial charge in [0, 0.05) is 24.7 Å². The third kappa shape index (κ3) is 3.56. The fourth-order valence-corrected chi connectivity index (χ4v) is 5.24. The molecule has 4 rings (SSSR count). The van der Waals surface area contributed by atoms with Gasteiger partial charge in [0.1, 0.15) is 16.5 Å². The van der Waals surface area contributed by atoms with Gasteiger partial charge in [0.15, 0.2) is 5.82 Å². The first-order valence-electron chi connectivity index (χ1n) is 10.0. The molecule has 6 nitrogen and oxygen atoms in total. The van der Waals surface area contributed by atoms with E-state index in [0.717, 1.165) is 38.2 Å². The largest absolute Gasteiger partial charge is 0.506 e. The van der Waals surface area contributed by atoms with Crippen LogP contribution in [-0.2, 0) is 6.61 Å². The van der Waals surface area contributed by atoms with Crippen molar-refractivity contribution in [2.45, 2.75) is 51.7 Å². The minimum atomic E-state index is -0.222. The van der Waals surface area contributed by atoms with Crippen LogP contribution in [0.2, 0.25) is 10.0 Å². The van der Waals surface area contributed by atoms with Gasteiger partial charge in [-0.2, -0.15) is 0 Å². The SMILES string of the molecule is Cc1nc(N2CCC3(CCC[C@H]3N)CC2)c(CO)nc1-c1ccc(O)c(Cl)c1Cl. The molecule has 1 aromatic carbocycles. The van der Waals surface area contributed by atoms with Crippen LogP contribution < -0.4 is 10.6 Å². The fraction of sp³-hybridized carbons (Fsp3) is 0.524. The number of nitrogens with zero attached hydrogens (tertiary/aromatic N) is 3. The molecule has 0 unspecified atom stereocenters. The summed E-state index contributed by atoms with van der Waals surface area (Å²) in [6, 6.07) is 3.43. The van der Waals surface area contributed by atoms with E-state index in [9.17, 15) is 10.2 Å². The lowest BCUT2D eigenvalue weighted by atomic mass is 9.74. The molecule has 8 heteroatoms. The molecule has 0 bridgehead atoms. The maximum absolute atomic E-state index is 9.98. The van der Waals surface area contributed by atoms with Gasteiger partial charge in [-0.3, -0.25) is 0 Å². The van der Waals surface area contributed by atoms with E-state index in [1.54, 1.807) is 6.07 Å². The second-order valence-corrected chi connectivity index (χ2v) is 8.95. The number of halogens is 2. The minimum absolute atomic E-state index is 0.0780. The molecule has 1 atom stereocenters. The van der Waals surface area contributed by atoms with Crippen LogP contribution in [0.4, 0.5) is 5.82 Å². The maximum Gasteiger partial charge on any atom is 0.153 e. The second-order valence-electron chi connectivity index (χ2n) is 8.19. The number of piperidine rings is 1. The molecule has 1 aromatic heterocycles.